The van der Waals surface area contributed by atoms with Crippen LogP contribution in [0.25, 0.3) is 17.2 Å². The molecule has 0 radical (unpaired) electrons. The molecule has 0 saturated heterocycles. The summed E-state index contributed by atoms with van der Waals surface area (Å²) in [5, 5.41) is 0. The standard InChI is InChI=1S/C20H19F3O3/c1-5-13-12-16(10-11-17(13)25-20(21,22)23)14-6-8-15(9-7-14)18(24)26-19(2,3)4/h5-12H,1H2,2-4H3. The van der Waals surface area contributed by atoms with Gasteiger partial charge in [0.15, 0.2) is 0 Å². The minimum absolute atomic E-state index is 0.219. The van der Waals surface area contributed by atoms with Gasteiger partial charge in [-0.2, -0.15) is 0 Å². The van der Waals surface area contributed by atoms with Gasteiger partial charge in [-0.3, -0.25) is 0 Å². The van der Waals surface area contributed by atoms with Crippen LogP contribution in [0.2, 0.25) is 0 Å². The molecule has 0 spiro atoms. The van der Waals surface area contributed by atoms with Crippen LogP contribution in [0.4, 0.5) is 13.2 Å². The number of benzene rings is 2. The van der Waals surface area contributed by atoms with E-state index in [1.165, 1.54) is 24.3 Å². The molecule has 0 unspecified atom stereocenters. The molecule has 0 N–H and O–H groups in total. The molecule has 2 aromatic rings. The number of esters is 1. The Balaban J connectivity index is 2.26. The summed E-state index contributed by atoms with van der Waals surface area (Å²) in [6.07, 6.45) is -3.48. The van der Waals surface area contributed by atoms with E-state index in [0.717, 1.165) is 5.56 Å². The number of ether oxygens (including phenoxy) is 2. The number of carbonyl (C=O) groups excluding carboxylic acids is 1. The highest BCUT2D eigenvalue weighted by molar-refractivity contribution is 5.90. The van der Waals surface area contributed by atoms with E-state index >= 15 is 0 Å². The molecule has 2 rings (SSSR count). The molecule has 0 aromatic heterocycles. The number of halogens is 3. The molecule has 0 saturated carbocycles. The Labute approximate surface area is 150 Å². The van der Waals surface area contributed by atoms with Crippen molar-refractivity contribution in [2.45, 2.75) is 32.7 Å². The van der Waals surface area contributed by atoms with E-state index in [1.807, 2.05) is 0 Å². The Morgan fingerprint density at radius 2 is 1.58 bits per heavy atom. The van der Waals surface area contributed by atoms with Gasteiger partial charge < -0.3 is 9.47 Å². The van der Waals surface area contributed by atoms with Gasteiger partial charge in [-0.15, -0.1) is 13.2 Å². The van der Waals surface area contributed by atoms with Crippen LogP contribution < -0.4 is 4.74 Å². The summed E-state index contributed by atoms with van der Waals surface area (Å²) in [6, 6.07) is 10.9. The third-order valence-electron chi connectivity index (χ3n) is 3.31. The fourth-order valence-electron chi connectivity index (χ4n) is 2.24. The average Bonchev–Trinajstić information content (AvgIpc) is 2.52. The predicted octanol–water partition coefficient (Wildman–Crippen LogP) is 5.85. The molecule has 0 aliphatic carbocycles. The maximum atomic E-state index is 12.4. The van der Waals surface area contributed by atoms with E-state index in [9.17, 15) is 18.0 Å². The predicted molar refractivity (Wildman–Crippen MR) is 93.8 cm³/mol. The van der Waals surface area contributed by atoms with Crippen molar-refractivity contribution in [3.05, 3.63) is 60.2 Å². The third-order valence-corrected chi connectivity index (χ3v) is 3.31. The molecule has 0 atom stereocenters. The smallest absolute Gasteiger partial charge is 0.456 e. The van der Waals surface area contributed by atoms with Crippen molar-refractivity contribution >= 4 is 12.0 Å². The zero-order chi connectivity index (χ0) is 19.5. The summed E-state index contributed by atoms with van der Waals surface area (Å²) in [5.41, 5.74) is 1.42. The molecular formula is C20H19F3O3. The molecule has 138 valence electrons. The number of hydrogen-bond donors (Lipinski definition) is 0. The third kappa shape index (κ3) is 5.37. The molecule has 6 heteroatoms. The van der Waals surface area contributed by atoms with Gasteiger partial charge in [0.05, 0.1) is 5.56 Å². The monoisotopic (exact) mass is 364 g/mol. The Hall–Kier alpha value is -2.76. The van der Waals surface area contributed by atoms with Crippen molar-refractivity contribution in [1.29, 1.82) is 0 Å². The van der Waals surface area contributed by atoms with Crippen LogP contribution >= 0.6 is 0 Å². The van der Waals surface area contributed by atoms with Crippen LogP contribution in [0.1, 0.15) is 36.7 Å². The molecule has 26 heavy (non-hydrogen) atoms. The van der Waals surface area contributed by atoms with E-state index in [-0.39, 0.29) is 11.3 Å². The highest BCUT2D eigenvalue weighted by atomic mass is 19.4. The number of alkyl halides is 3. The van der Waals surface area contributed by atoms with Gasteiger partial charge in [0.25, 0.3) is 0 Å². The van der Waals surface area contributed by atoms with Crippen molar-refractivity contribution in [3.63, 3.8) is 0 Å². The highest BCUT2D eigenvalue weighted by Crippen LogP contribution is 2.31. The van der Waals surface area contributed by atoms with Gasteiger partial charge in [0.2, 0.25) is 0 Å². The topological polar surface area (TPSA) is 35.5 Å². The first kappa shape index (κ1) is 19.6. The maximum absolute atomic E-state index is 12.4. The Morgan fingerprint density at radius 3 is 2.08 bits per heavy atom. The lowest BCUT2D eigenvalue weighted by atomic mass is 10.0. The molecule has 0 amide bonds. The summed E-state index contributed by atoms with van der Waals surface area (Å²) in [4.78, 5) is 12.0. The average molecular weight is 364 g/mol. The van der Waals surface area contributed by atoms with Gasteiger partial charge in [-0.25, -0.2) is 4.79 Å². The second-order valence-corrected chi connectivity index (χ2v) is 6.58. The number of hydrogen-bond acceptors (Lipinski definition) is 3. The van der Waals surface area contributed by atoms with Crippen molar-refractivity contribution in [3.8, 4) is 16.9 Å². The van der Waals surface area contributed by atoms with Crippen LogP contribution in [0.3, 0.4) is 0 Å². The first-order valence-corrected chi connectivity index (χ1v) is 7.84. The summed E-state index contributed by atoms with van der Waals surface area (Å²) < 4.78 is 46.5. The first-order chi connectivity index (χ1) is 12.0. The van der Waals surface area contributed by atoms with Crippen molar-refractivity contribution in [2.75, 3.05) is 0 Å². The number of rotatable bonds is 4. The fraction of sp³-hybridized carbons (Fsp3) is 0.250. The molecule has 2 aromatic carbocycles. The molecule has 0 heterocycles. The van der Waals surface area contributed by atoms with Crippen molar-refractivity contribution in [2.24, 2.45) is 0 Å². The normalized spacial score (nSPS) is 11.8. The Kier molecular flexibility index (Phi) is 5.44. The maximum Gasteiger partial charge on any atom is 0.573 e. The van der Waals surface area contributed by atoms with Gasteiger partial charge in [0, 0.05) is 5.56 Å². The molecular weight excluding hydrogens is 345 g/mol. The summed E-state index contributed by atoms with van der Waals surface area (Å²) in [7, 11) is 0. The zero-order valence-electron chi connectivity index (χ0n) is 14.7. The van der Waals surface area contributed by atoms with Crippen LogP contribution in [0.15, 0.2) is 49.0 Å². The van der Waals surface area contributed by atoms with E-state index in [2.05, 4.69) is 11.3 Å². The lowest BCUT2D eigenvalue weighted by Crippen LogP contribution is -2.23. The summed E-state index contributed by atoms with van der Waals surface area (Å²) in [5.74, 6) is -0.758. The van der Waals surface area contributed by atoms with Crippen LogP contribution in [-0.4, -0.2) is 17.9 Å². The molecule has 0 aliphatic heterocycles. The molecule has 0 bridgehead atoms. The summed E-state index contributed by atoms with van der Waals surface area (Å²) in [6.45, 7) is 8.85. The van der Waals surface area contributed by atoms with Crippen molar-refractivity contribution < 1.29 is 27.4 Å². The molecule has 3 nitrogen and oxygen atoms in total. The van der Waals surface area contributed by atoms with Gasteiger partial charge in [-0.1, -0.05) is 30.9 Å². The molecule has 0 fully saturated rings. The minimum atomic E-state index is -4.77. The molecule has 0 aliphatic rings. The lowest BCUT2D eigenvalue weighted by molar-refractivity contribution is -0.274. The van der Waals surface area contributed by atoms with Crippen LogP contribution in [0.5, 0.6) is 5.75 Å². The quantitative estimate of drug-likeness (QED) is 0.638. The zero-order valence-corrected chi connectivity index (χ0v) is 14.7. The Bertz CT molecular complexity index is 801. The van der Waals surface area contributed by atoms with E-state index in [4.69, 9.17) is 4.74 Å². The minimum Gasteiger partial charge on any atom is -0.456 e. The van der Waals surface area contributed by atoms with Gasteiger partial charge >= 0.3 is 12.3 Å². The Morgan fingerprint density at radius 1 is 1.00 bits per heavy atom. The first-order valence-electron chi connectivity index (χ1n) is 7.84. The SMILES string of the molecule is C=Cc1cc(-c2ccc(C(=O)OC(C)(C)C)cc2)ccc1OC(F)(F)F. The van der Waals surface area contributed by atoms with E-state index in [1.54, 1.807) is 45.0 Å². The van der Waals surface area contributed by atoms with Gasteiger partial charge in [-0.05, 0) is 56.2 Å². The largest absolute Gasteiger partial charge is 0.573 e. The summed E-state index contributed by atoms with van der Waals surface area (Å²) >= 11 is 0. The van der Waals surface area contributed by atoms with Crippen molar-refractivity contribution in [1.82, 2.24) is 0 Å². The highest BCUT2D eigenvalue weighted by Gasteiger charge is 2.31. The van der Waals surface area contributed by atoms with E-state index in [0.29, 0.717) is 11.1 Å². The second-order valence-electron chi connectivity index (χ2n) is 6.58. The lowest BCUT2D eigenvalue weighted by Gasteiger charge is -2.19. The van der Waals surface area contributed by atoms with Crippen LogP contribution in [-0.2, 0) is 4.74 Å². The number of carbonyl (C=O) groups is 1. The van der Waals surface area contributed by atoms with E-state index < -0.39 is 17.9 Å². The van der Waals surface area contributed by atoms with Crippen LogP contribution in [0, 0.1) is 0 Å². The van der Waals surface area contributed by atoms with Gasteiger partial charge in [0.1, 0.15) is 11.4 Å². The second kappa shape index (κ2) is 7.23. The fourth-order valence-corrected chi connectivity index (χ4v) is 2.24.